The highest BCUT2D eigenvalue weighted by Gasteiger charge is 2.20. The van der Waals surface area contributed by atoms with Gasteiger partial charge in [-0.25, -0.2) is 0 Å². The van der Waals surface area contributed by atoms with Gasteiger partial charge in [-0.2, -0.15) is 10.9 Å². The molecule has 1 aromatic heterocycles. The maximum absolute atomic E-state index is 3.92. The first-order valence-electron chi connectivity index (χ1n) is 5.56. The second kappa shape index (κ2) is 4.50. The second-order valence-electron chi connectivity index (χ2n) is 6.17. The molecule has 1 aromatic rings. The lowest BCUT2D eigenvalue weighted by atomic mass is 9.93. The standard InChI is InChI=1S/C14H22S2/c1-13(2,3)11-8-10(15-7)9-12(16-11)14(4,5)6/h8-9H,7H2,1-6H3. The Balaban J connectivity index is 3.52. The van der Waals surface area contributed by atoms with E-state index in [9.17, 15) is 0 Å². The summed E-state index contributed by atoms with van der Waals surface area (Å²) in [6.45, 7) is 13.6. The van der Waals surface area contributed by atoms with Gasteiger partial charge in [0, 0.05) is 14.3 Å². The van der Waals surface area contributed by atoms with Gasteiger partial charge in [0.2, 0.25) is 0 Å². The van der Waals surface area contributed by atoms with E-state index in [1.54, 1.807) is 10.9 Å². The third-order valence-corrected chi connectivity index (χ3v) is 4.88. The van der Waals surface area contributed by atoms with Gasteiger partial charge in [-0.15, -0.1) is 11.3 Å². The van der Waals surface area contributed by atoms with Gasteiger partial charge in [-0.3, -0.25) is 0 Å². The Morgan fingerprint density at radius 1 is 0.938 bits per heavy atom. The molecule has 0 aliphatic rings. The minimum Gasteiger partial charge on any atom is -0.152 e. The zero-order chi connectivity index (χ0) is 12.6. The molecule has 0 saturated carbocycles. The molecule has 2 heteroatoms. The molecule has 0 N–H and O–H groups in total. The van der Waals surface area contributed by atoms with Crippen molar-refractivity contribution in [3.05, 3.63) is 26.4 Å². The molecule has 0 aliphatic carbocycles. The molecule has 90 valence electrons. The molecule has 0 fully saturated rings. The third kappa shape index (κ3) is 3.33. The van der Waals surface area contributed by atoms with Crippen LogP contribution in [0.3, 0.4) is 0 Å². The Labute approximate surface area is 107 Å². The normalized spacial score (nSPS) is 12.6. The summed E-state index contributed by atoms with van der Waals surface area (Å²) in [5.74, 6) is 3.92. The van der Waals surface area contributed by atoms with Crippen LogP contribution in [0.15, 0.2) is 12.1 Å². The maximum Gasteiger partial charge on any atom is 0.0285 e. The van der Waals surface area contributed by atoms with Crippen molar-refractivity contribution in [2.75, 3.05) is 0 Å². The molecule has 1 rings (SSSR count). The molecule has 0 nitrogen and oxygen atoms in total. The molecule has 0 aliphatic heterocycles. The van der Waals surface area contributed by atoms with E-state index in [4.69, 9.17) is 0 Å². The summed E-state index contributed by atoms with van der Waals surface area (Å²) in [6, 6.07) is 4.55. The monoisotopic (exact) mass is 254 g/mol. The quantitative estimate of drug-likeness (QED) is 0.569. The van der Waals surface area contributed by atoms with E-state index in [0.29, 0.717) is 0 Å². The van der Waals surface area contributed by atoms with Gasteiger partial charge in [0.05, 0.1) is 0 Å². The van der Waals surface area contributed by atoms with Crippen LogP contribution in [0.1, 0.15) is 51.3 Å². The highest BCUT2D eigenvalue weighted by molar-refractivity contribution is 7.88. The van der Waals surface area contributed by atoms with E-state index in [-0.39, 0.29) is 10.8 Å². The van der Waals surface area contributed by atoms with Crippen LogP contribution in [0, 0.1) is 4.51 Å². The molecule has 0 amide bonds. The highest BCUT2D eigenvalue weighted by atomic mass is 32.1. The Kier molecular flexibility index (Phi) is 3.86. The van der Waals surface area contributed by atoms with E-state index in [2.05, 4.69) is 59.5 Å². The zero-order valence-corrected chi connectivity index (χ0v) is 12.8. The van der Waals surface area contributed by atoms with Crippen LogP contribution in [0.5, 0.6) is 0 Å². The van der Waals surface area contributed by atoms with E-state index in [0.717, 1.165) is 0 Å². The van der Waals surface area contributed by atoms with E-state index < -0.39 is 0 Å². The van der Waals surface area contributed by atoms with E-state index in [1.807, 2.05) is 11.3 Å². The second-order valence-corrected chi connectivity index (χ2v) is 8.01. The Bertz CT molecular complexity index is 425. The number of hydrogen-bond acceptors (Lipinski definition) is 1. The predicted molar refractivity (Wildman–Crippen MR) is 79.7 cm³/mol. The van der Waals surface area contributed by atoms with Crippen LogP contribution in [0.4, 0.5) is 0 Å². The van der Waals surface area contributed by atoms with Crippen molar-refractivity contribution in [2.45, 2.75) is 52.4 Å². The maximum atomic E-state index is 3.92. The van der Waals surface area contributed by atoms with Gasteiger partial charge in [0.25, 0.3) is 0 Å². The summed E-state index contributed by atoms with van der Waals surface area (Å²) in [7, 11) is 1.59. The molecular formula is C14H22S2. The first kappa shape index (κ1) is 13.7. The van der Waals surface area contributed by atoms with Crippen LogP contribution in [0.25, 0.3) is 0 Å². The van der Waals surface area contributed by atoms with Gasteiger partial charge >= 0.3 is 0 Å². The smallest absolute Gasteiger partial charge is 0.0285 e. The van der Waals surface area contributed by atoms with Crippen molar-refractivity contribution in [1.82, 2.24) is 0 Å². The summed E-state index contributed by atoms with van der Waals surface area (Å²) in [4.78, 5) is 2.87. The third-order valence-electron chi connectivity index (χ3n) is 2.41. The summed E-state index contributed by atoms with van der Waals surface area (Å²) < 4.78 is 1.27. The fourth-order valence-corrected chi connectivity index (χ4v) is 3.07. The van der Waals surface area contributed by atoms with Crippen molar-refractivity contribution >= 4 is 28.1 Å². The van der Waals surface area contributed by atoms with Crippen LogP contribution in [-0.2, 0) is 10.8 Å². The molecule has 0 bridgehead atoms. The van der Waals surface area contributed by atoms with Crippen molar-refractivity contribution in [2.24, 2.45) is 0 Å². The van der Waals surface area contributed by atoms with E-state index >= 15 is 0 Å². The zero-order valence-electron chi connectivity index (χ0n) is 11.2. The Hall–Kier alpha value is -0.340. The van der Waals surface area contributed by atoms with Gasteiger partial charge in [-0.1, -0.05) is 41.5 Å². The van der Waals surface area contributed by atoms with Crippen LogP contribution in [-0.4, -0.2) is 5.87 Å². The average Bonchev–Trinajstić information content (AvgIpc) is 2.14. The highest BCUT2D eigenvalue weighted by Crippen LogP contribution is 2.34. The van der Waals surface area contributed by atoms with Crippen molar-refractivity contribution in [1.29, 1.82) is 0 Å². The largest absolute Gasteiger partial charge is 0.152 e. The number of rotatable bonds is 0. The fraction of sp³-hybridized carbons (Fsp3) is 0.571. The average molecular weight is 254 g/mol. The summed E-state index contributed by atoms with van der Waals surface area (Å²) in [5.41, 5.74) is 0.437. The predicted octanol–water partition coefficient (Wildman–Crippen LogP) is 5.04. The summed E-state index contributed by atoms with van der Waals surface area (Å²) in [5, 5.41) is 0. The minimum absolute atomic E-state index is 0.219. The van der Waals surface area contributed by atoms with Gasteiger partial charge < -0.3 is 0 Å². The molecule has 0 saturated heterocycles. The van der Waals surface area contributed by atoms with E-state index in [1.165, 1.54) is 14.3 Å². The van der Waals surface area contributed by atoms with Crippen LogP contribution < -0.4 is 0 Å². The lowest BCUT2D eigenvalue weighted by molar-refractivity contribution is 0.593. The summed E-state index contributed by atoms with van der Waals surface area (Å²) >= 11 is 1.92. The molecule has 0 aromatic carbocycles. The fourth-order valence-electron chi connectivity index (χ4n) is 1.30. The molecule has 0 radical (unpaired) electrons. The lowest BCUT2D eigenvalue weighted by Crippen LogP contribution is -2.13. The molecule has 16 heavy (non-hydrogen) atoms. The topological polar surface area (TPSA) is 0 Å². The van der Waals surface area contributed by atoms with Crippen LogP contribution in [0.2, 0.25) is 0 Å². The Morgan fingerprint density at radius 2 is 1.31 bits per heavy atom. The molecular weight excluding hydrogens is 232 g/mol. The number of hydrogen-bond donors (Lipinski definition) is 0. The molecule has 0 unspecified atom stereocenters. The first-order valence-corrected chi connectivity index (χ1v) is 7.36. The van der Waals surface area contributed by atoms with Crippen molar-refractivity contribution in [3.8, 4) is 0 Å². The van der Waals surface area contributed by atoms with Crippen LogP contribution >= 0.6 is 22.3 Å². The Morgan fingerprint density at radius 3 is 1.56 bits per heavy atom. The first-order chi connectivity index (χ1) is 7.14. The SMILES string of the molecule is C=S=c1cc(C(C)(C)C)sc(C(C)(C)C)c1. The molecule has 1 heterocycles. The lowest BCUT2D eigenvalue weighted by Gasteiger charge is -2.23. The van der Waals surface area contributed by atoms with Crippen molar-refractivity contribution in [3.63, 3.8) is 0 Å². The van der Waals surface area contributed by atoms with Gasteiger partial charge in [-0.05, 0) is 28.8 Å². The van der Waals surface area contributed by atoms with Gasteiger partial charge in [0.15, 0.2) is 0 Å². The molecule has 0 spiro atoms. The summed E-state index contributed by atoms with van der Waals surface area (Å²) in [6.07, 6.45) is 0. The van der Waals surface area contributed by atoms with Crippen molar-refractivity contribution < 1.29 is 0 Å². The molecule has 0 atom stereocenters. The van der Waals surface area contributed by atoms with Gasteiger partial charge in [0.1, 0.15) is 0 Å². The minimum atomic E-state index is 0.219.